The molecule has 0 aromatic heterocycles. The largest absolute Gasteiger partial charge is 0.493 e. The molecule has 0 atom stereocenters. The van der Waals surface area contributed by atoms with Gasteiger partial charge in [-0.3, -0.25) is 10.1 Å². The van der Waals surface area contributed by atoms with Crippen LogP contribution in [0.3, 0.4) is 0 Å². The normalized spacial score (nSPS) is 14.0. The molecule has 0 amide bonds. The van der Waals surface area contributed by atoms with Crippen molar-refractivity contribution in [1.82, 2.24) is 0 Å². The molecule has 1 aliphatic rings. The number of carbonyl (C=O) groups is 1. The van der Waals surface area contributed by atoms with Crippen LogP contribution in [0.25, 0.3) is 6.08 Å². The molecule has 0 spiro atoms. The quantitative estimate of drug-likeness (QED) is 0.173. The van der Waals surface area contributed by atoms with Crippen molar-refractivity contribution in [3.05, 3.63) is 103 Å². The molecular weight excluding hydrogens is 504 g/mol. The van der Waals surface area contributed by atoms with Crippen LogP contribution < -0.4 is 9.47 Å². The second kappa shape index (κ2) is 9.88. The van der Waals surface area contributed by atoms with Gasteiger partial charge < -0.3 is 14.2 Å². The smallest absolute Gasteiger partial charge is 0.363 e. The molecule has 0 unspecified atom stereocenters. The summed E-state index contributed by atoms with van der Waals surface area (Å²) in [6, 6.07) is 17.1. The molecule has 0 saturated carbocycles. The predicted molar refractivity (Wildman–Crippen MR) is 130 cm³/mol. The lowest BCUT2D eigenvalue weighted by molar-refractivity contribution is -0.384. The van der Waals surface area contributed by atoms with Crippen LogP contribution in [0.5, 0.6) is 11.5 Å². The van der Waals surface area contributed by atoms with Gasteiger partial charge in [-0.25, -0.2) is 9.79 Å². The van der Waals surface area contributed by atoms with Crippen molar-refractivity contribution in [3.8, 4) is 11.5 Å². The highest BCUT2D eigenvalue weighted by atomic mass is 79.9. The molecule has 0 aliphatic carbocycles. The first kappa shape index (κ1) is 23.2. The van der Waals surface area contributed by atoms with E-state index in [0.717, 1.165) is 16.7 Å². The van der Waals surface area contributed by atoms with Gasteiger partial charge in [0, 0.05) is 17.7 Å². The number of nitrogens with zero attached hydrogens (tertiary/aromatic N) is 2. The van der Waals surface area contributed by atoms with E-state index < -0.39 is 10.9 Å². The molecule has 0 saturated heterocycles. The highest BCUT2D eigenvalue weighted by molar-refractivity contribution is 9.10. The summed E-state index contributed by atoms with van der Waals surface area (Å²) >= 11 is 3.49. The van der Waals surface area contributed by atoms with Crippen molar-refractivity contribution in [2.24, 2.45) is 4.99 Å². The van der Waals surface area contributed by atoms with Crippen LogP contribution in [0.2, 0.25) is 0 Å². The monoisotopic (exact) mass is 522 g/mol. The second-order valence-corrected chi connectivity index (χ2v) is 8.30. The third-order valence-corrected chi connectivity index (χ3v) is 5.59. The van der Waals surface area contributed by atoms with Crippen molar-refractivity contribution in [1.29, 1.82) is 0 Å². The first-order chi connectivity index (χ1) is 16.3. The zero-order chi connectivity index (χ0) is 24.2. The Balaban J connectivity index is 1.55. The summed E-state index contributed by atoms with van der Waals surface area (Å²) in [5.41, 5.74) is 3.42. The van der Waals surface area contributed by atoms with Gasteiger partial charge in [0.1, 0.15) is 6.61 Å². The molecule has 4 rings (SSSR count). The van der Waals surface area contributed by atoms with Crippen molar-refractivity contribution in [2.45, 2.75) is 13.5 Å². The standard InChI is InChI=1S/C25H19BrN2O6/c1-15-3-7-18(8-4-15)24-27-21(25(29)34-24)12-17-11-20(26)23(22(13-17)32-2)33-14-16-5-9-19(10-6-16)28(30)31/h3-13H,14H2,1-2H3/b21-12-. The lowest BCUT2D eigenvalue weighted by atomic mass is 10.1. The number of nitro groups is 1. The number of cyclic esters (lactones) is 1. The zero-order valence-corrected chi connectivity index (χ0v) is 19.9. The highest BCUT2D eigenvalue weighted by Crippen LogP contribution is 2.38. The molecule has 0 bridgehead atoms. The van der Waals surface area contributed by atoms with E-state index in [9.17, 15) is 14.9 Å². The van der Waals surface area contributed by atoms with E-state index in [0.29, 0.717) is 21.5 Å². The number of hydrogen-bond donors (Lipinski definition) is 0. The first-order valence-electron chi connectivity index (χ1n) is 10.2. The number of carbonyl (C=O) groups excluding carboxylic acids is 1. The molecule has 0 fully saturated rings. The maximum atomic E-state index is 12.3. The van der Waals surface area contributed by atoms with Gasteiger partial charge in [0.05, 0.1) is 16.5 Å². The summed E-state index contributed by atoms with van der Waals surface area (Å²) in [6.45, 7) is 2.16. The molecule has 0 radical (unpaired) electrons. The van der Waals surface area contributed by atoms with Crippen molar-refractivity contribution in [2.75, 3.05) is 7.11 Å². The Bertz CT molecular complexity index is 1310. The fourth-order valence-corrected chi connectivity index (χ4v) is 3.79. The van der Waals surface area contributed by atoms with Crippen molar-refractivity contribution < 1.29 is 23.9 Å². The zero-order valence-electron chi connectivity index (χ0n) is 18.3. The third-order valence-electron chi connectivity index (χ3n) is 5.00. The van der Waals surface area contributed by atoms with Gasteiger partial charge in [0.2, 0.25) is 5.90 Å². The van der Waals surface area contributed by atoms with E-state index in [2.05, 4.69) is 20.9 Å². The van der Waals surface area contributed by atoms with Crippen LogP contribution in [0.15, 0.2) is 75.8 Å². The van der Waals surface area contributed by atoms with Crippen molar-refractivity contribution in [3.63, 3.8) is 0 Å². The first-order valence-corrected chi connectivity index (χ1v) is 11.0. The number of esters is 1. The lowest BCUT2D eigenvalue weighted by Crippen LogP contribution is -2.05. The number of nitro benzene ring substituents is 1. The Labute approximate surface area is 203 Å². The van der Waals surface area contributed by atoms with Crippen LogP contribution in [0.4, 0.5) is 5.69 Å². The Morgan fingerprint density at radius 3 is 2.47 bits per heavy atom. The lowest BCUT2D eigenvalue weighted by Gasteiger charge is -2.13. The number of aryl methyl sites for hydroxylation is 1. The van der Waals surface area contributed by atoms with E-state index >= 15 is 0 Å². The second-order valence-electron chi connectivity index (χ2n) is 7.45. The summed E-state index contributed by atoms with van der Waals surface area (Å²) in [6.07, 6.45) is 1.61. The number of methoxy groups -OCH3 is 1. The van der Waals surface area contributed by atoms with Gasteiger partial charge >= 0.3 is 5.97 Å². The Morgan fingerprint density at radius 1 is 1.12 bits per heavy atom. The fourth-order valence-electron chi connectivity index (χ4n) is 3.22. The molecule has 172 valence electrons. The van der Waals surface area contributed by atoms with E-state index in [1.54, 1.807) is 30.3 Å². The molecule has 8 nitrogen and oxygen atoms in total. The minimum Gasteiger partial charge on any atom is -0.493 e. The fraction of sp³-hybridized carbons (Fsp3) is 0.120. The number of ether oxygens (including phenoxy) is 3. The van der Waals surface area contributed by atoms with Crippen molar-refractivity contribution >= 4 is 39.6 Å². The maximum Gasteiger partial charge on any atom is 0.363 e. The van der Waals surface area contributed by atoms with Crippen LogP contribution in [0, 0.1) is 17.0 Å². The molecule has 34 heavy (non-hydrogen) atoms. The highest BCUT2D eigenvalue weighted by Gasteiger charge is 2.24. The van der Waals surface area contributed by atoms with E-state index in [-0.39, 0.29) is 23.9 Å². The number of rotatable bonds is 7. The minimum absolute atomic E-state index is 0.0125. The molecule has 3 aromatic carbocycles. The molecule has 1 heterocycles. The number of non-ortho nitro benzene ring substituents is 1. The predicted octanol–water partition coefficient (Wildman–Crippen LogP) is 5.60. The number of halogens is 1. The van der Waals surface area contributed by atoms with Gasteiger partial charge in [-0.2, -0.15) is 0 Å². The third kappa shape index (κ3) is 5.15. The summed E-state index contributed by atoms with van der Waals surface area (Å²) in [5, 5.41) is 10.8. The average Bonchev–Trinajstić information content (AvgIpc) is 3.18. The molecule has 9 heteroatoms. The minimum atomic E-state index is -0.538. The molecule has 1 aliphatic heterocycles. The maximum absolute atomic E-state index is 12.3. The topological polar surface area (TPSA) is 100 Å². The molecule has 0 N–H and O–H groups in total. The van der Waals surface area contributed by atoms with Crippen LogP contribution in [-0.4, -0.2) is 23.9 Å². The number of hydrogen-bond acceptors (Lipinski definition) is 7. The summed E-state index contributed by atoms with van der Waals surface area (Å²) in [4.78, 5) is 27.0. The van der Waals surface area contributed by atoms with Gasteiger partial charge in [-0.05, 0) is 76.5 Å². The summed E-state index contributed by atoms with van der Waals surface area (Å²) in [7, 11) is 1.51. The molecular formula is C25H19BrN2O6. The van der Waals surface area contributed by atoms with Gasteiger partial charge in [0.15, 0.2) is 17.2 Å². The number of aliphatic imine (C=N–C) groups is 1. The van der Waals surface area contributed by atoms with Crippen LogP contribution >= 0.6 is 15.9 Å². The van der Waals surface area contributed by atoms with E-state index in [1.165, 1.54) is 19.2 Å². The van der Waals surface area contributed by atoms with E-state index in [1.807, 2.05) is 31.2 Å². The van der Waals surface area contributed by atoms with E-state index in [4.69, 9.17) is 14.2 Å². The average molecular weight is 523 g/mol. The van der Waals surface area contributed by atoms with Gasteiger partial charge in [-0.1, -0.05) is 17.7 Å². The Hall–Kier alpha value is -3.98. The molecule has 3 aromatic rings. The van der Waals surface area contributed by atoms with Gasteiger partial charge in [-0.15, -0.1) is 0 Å². The Morgan fingerprint density at radius 2 is 1.82 bits per heavy atom. The number of benzene rings is 3. The summed E-state index contributed by atoms with van der Waals surface area (Å²) in [5.74, 6) is 0.618. The summed E-state index contributed by atoms with van der Waals surface area (Å²) < 4.78 is 17.3. The van der Waals surface area contributed by atoms with Gasteiger partial charge in [0.25, 0.3) is 5.69 Å². The SMILES string of the molecule is COc1cc(/C=C2\N=C(c3ccc(C)cc3)OC2=O)cc(Br)c1OCc1ccc([N+](=O)[O-])cc1. The van der Waals surface area contributed by atoms with Crippen LogP contribution in [-0.2, 0) is 16.1 Å². The van der Waals surface area contributed by atoms with Crippen LogP contribution in [0.1, 0.15) is 22.3 Å². The Kier molecular flexibility index (Phi) is 6.74.